The van der Waals surface area contributed by atoms with E-state index in [4.69, 9.17) is 9.15 Å². The van der Waals surface area contributed by atoms with Crippen LogP contribution in [0.1, 0.15) is 16.1 Å². The lowest BCUT2D eigenvalue weighted by Crippen LogP contribution is -2.36. The van der Waals surface area contributed by atoms with Crippen LogP contribution in [0.15, 0.2) is 45.3 Å². The minimum Gasteiger partial charge on any atom is -0.451 e. The van der Waals surface area contributed by atoms with E-state index in [1.807, 2.05) is 24.0 Å². The zero-order valence-electron chi connectivity index (χ0n) is 14.7. The van der Waals surface area contributed by atoms with E-state index in [9.17, 15) is 9.18 Å². The number of fused-ring (bicyclic) bond motifs is 1. The summed E-state index contributed by atoms with van der Waals surface area (Å²) in [4.78, 5) is 14.6. The fraction of sp³-hybridized carbons (Fsp3) is 0.250. The second-order valence-electron chi connectivity index (χ2n) is 6.42. The summed E-state index contributed by atoms with van der Waals surface area (Å²) in [6, 6.07) is 10.3. The molecule has 1 fully saturated rings. The van der Waals surface area contributed by atoms with Gasteiger partial charge < -0.3 is 19.4 Å². The second-order valence-corrected chi connectivity index (χ2v) is 7.33. The van der Waals surface area contributed by atoms with Gasteiger partial charge in [-0.2, -0.15) is 0 Å². The minimum atomic E-state index is -0.404. The molecule has 0 unspecified atom stereocenters. The van der Waals surface area contributed by atoms with Crippen LogP contribution >= 0.6 is 15.9 Å². The number of anilines is 2. The molecule has 0 atom stereocenters. The van der Waals surface area contributed by atoms with Crippen LogP contribution in [0, 0.1) is 12.7 Å². The molecule has 0 spiro atoms. The summed E-state index contributed by atoms with van der Waals surface area (Å²) in [6.07, 6.45) is 0. The Morgan fingerprint density at radius 2 is 1.96 bits per heavy atom. The van der Waals surface area contributed by atoms with Crippen LogP contribution in [0.25, 0.3) is 11.0 Å². The smallest absolute Gasteiger partial charge is 0.291 e. The Balaban J connectivity index is 1.56. The zero-order valence-corrected chi connectivity index (χ0v) is 16.3. The van der Waals surface area contributed by atoms with E-state index in [0.29, 0.717) is 43.3 Å². The molecule has 0 saturated carbocycles. The molecule has 0 aliphatic carbocycles. The normalized spacial score (nSPS) is 14.6. The first-order valence-corrected chi connectivity index (χ1v) is 9.44. The van der Waals surface area contributed by atoms with Crippen molar-refractivity contribution >= 4 is 44.2 Å². The SMILES string of the molecule is Cc1c(C(=O)Nc2ccc(N3CCOCC3)c(F)c2)oc2ccc(Br)cc12. The number of amides is 1. The maximum Gasteiger partial charge on any atom is 0.291 e. The molecule has 27 heavy (non-hydrogen) atoms. The van der Waals surface area contributed by atoms with Gasteiger partial charge in [0.2, 0.25) is 0 Å². The molecule has 7 heteroatoms. The quantitative estimate of drug-likeness (QED) is 0.649. The van der Waals surface area contributed by atoms with E-state index < -0.39 is 5.91 Å². The van der Waals surface area contributed by atoms with Crippen LogP contribution in [0.4, 0.5) is 15.8 Å². The number of nitrogens with one attached hydrogen (secondary N) is 1. The predicted octanol–water partition coefficient (Wildman–Crippen LogP) is 4.73. The third-order valence-corrected chi connectivity index (χ3v) is 5.16. The van der Waals surface area contributed by atoms with Crippen molar-refractivity contribution in [2.24, 2.45) is 0 Å². The van der Waals surface area contributed by atoms with Gasteiger partial charge in [0, 0.05) is 34.2 Å². The minimum absolute atomic E-state index is 0.223. The monoisotopic (exact) mass is 432 g/mol. The number of carbonyl (C=O) groups excluding carboxylic acids is 1. The maximum absolute atomic E-state index is 14.5. The van der Waals surface area contributed by atoms with Gasteiger partial charge in [0.05, 0.1) is 18.9 Å². The zero-order chi connectivity index (χ0) is 19.0. The van der Waals surface area contributed by atoms with E-state index >= 15 is 0 Å². The van der Waals surface area contributed by atoms with Gasteiger partial charge in [-0.05, 0) is 43.3 Å². The first-order chi connectivity index (χ1) is 13.0. The molecule has 5 nitrogen and oxygen atoms in total. The Hall–Kier alpha value is -2.38. The number of carbonyl (C=O) groups is 1. The van der Waals surface area contributed by atoms with Crippen molar-refractivity contribution in [3.63, 3.8) is 0 Å². The second kappa shape index (κ2) is 7.32. The molecule has 1 aromatic heterocycles. The number of hydrogen-bond donors (Lipinski definition) is 1. The summed E-state index contributed by atoms with van der Waals surface area (Å²) in [5, 5.41) is 3.58. The fourth-order valence-corrected chi connectivity index (χ4v) is 3.60. The molecule has 1 aliphatic rings. The Morgan fingerprint density at radius 3 is 2.70 bits per heavy atom. The van der Waals surface area contributed by atoms with E-state index in [2.05, 4.69) is 21.2 Å². The topological polar surface area (TPSA) is 54.7 Å². The largest absolute Gasteiger partial charge is 0.451 e. The molecule has 140 valence electrons. The van der Waals surface area contributed by atoms with Gasteiger partial charge in [0.1, 0.15) is 11.4 Å². The third kappa shape index (κ3) is 3.57. The molecular weight excluding hydrogens is 415 g/mol. The first-order valence-electron chi connectivity index (χ1n) is 8.65. The summed E-state index contributed by atoms with van der Waals surface area (Å²) in [5.74, 6) is -0.556. The van der Waals surface area contributed by atoms with Crippen LogP contribution in [0.2, 0.25) is 0 Å². The lowest BCUT2D eigenvalue weighted by Gasteiger charge is -2.29. The number of aryl methyl sites for hydroxylation is 1. The highest BCUT2D eigenvalue weighted by Gasteiger charge is 2.19. The van der Waals surface area contributed by atoms with E-state index in [1.165, 1.54) is 6.07 Å². The molecule has 1 saturated heterocycles. The molecule has 3 aromatic rings. The Kier molecular flexibility index (Phi) is 4.88. The number of furan rings is 1. The molecule has 1 aliphatic heterocycles. The summed E-state index contributed by atoms with van der Waals surface area (Å²) in [5.41, 5.74) is 2.28. The molecular formula is C20H18BrFN2O3. The molecule has 1 N–H and O–H groups in total. The van der Waals surface area contributed by atoms with Crippen molar-refractivity contribution < 1.29 is 18.3 Å². The third-order valence-electron chi connectivity index (χ3n) is 4.66. The van der Waals surface area contributed by atoms with Gasteiger partial charge in [0.25, 0.3) is 5.91 Å². The van der Waals surface area contributed by atoms with E-state index in [1.54, 1.807) is 18.2 Å². The molecule has 0 radical (unpaired) electrons. The Bertz CT molecular complexity index is 1010. The van der Waals surface area contributed by atoms with Gasteiger partial charge in [-0.25, -0.2) is 4.39 Å². The number of halogens is 2. The summed E-state index contributed by atoms with van der Waals surface area (Å²) < 4.78 is 26.4. The lowest BCUT2D eigenvalue weighted by molar-refractivity contribution is 0.0998. The molecule has 2 heterocycles. The molecule has 1 amide bonds. The molecule has 0 bridgehead atoms. The van der Waals surface area contributed by atoms with Gasteiger partial charge in [-0.3, -0.25) is 4.79 Å². The number of morpholine rings is 1. The lowest BCUT2D eigenvalue weighted by atomic mass is 10.1. The van der Waals surface area contributed by atoms with Crippen LogP contribution < -0.4 is 10.2 Å². The van der Waals surface area contributed by atoms with Crippen molar-refractivity contribution in [2.75, 3.05) is 36.5 Å². The number of hydrogen-bond acceptors (Lipinski definition) is 4. The molecule has 2 aromatic carbocycles. The Labute approximate surface area is 164 Å². The highest BCUT2D eigenvalue weighted by atomic mass is 79.9. The van der Waals surface area contributed by atoms with Crippen LogP contribution in [-0.2, 0) is 4.74 Å². The summed E-state index contributed by atoms with van der Waals surface area (Å²) in [7, 11) is 0. The van der Waals surface area contributed by atoms with Gasteiger partial charge >= 0.3 is 0 Å². The van der Waals surface area contributed by atoms with E-state index in [0.717, 1.165) is 15.4 Å². The highest BCUT2D eigenvalue weighted by Crippen LogP contribution is 2.29. The Morgan fingerprint density at radius 1 is 1.19 bits per heavy atom. The van der Waals surface area contributed by atoms with Gasteiger partial charge in [-0.1, -0.05) is 15.9 Å². The van der Waals surface area contributed by atoms with Gasteiger partial charge in [-0.15, -0.1) is 0 Å². The maximum atomic E-state index is 14.5. The van der Waals surface area contributed by atoms with Gasteiger partial charge in [0.15, 0.2) is 5.76 Å². The molecule has 4 rings (SSSR count). The first kappa shape index (κ1) is 18.0. The van der Waals surface area contributed by atoms with Crippen molar-refractivity contribution in [1.82, 2.24) is 0 Å². The summed E-state index contributed by atoms with van der Waals surface area (Å²) in [6.45, 7) is 4.29. The summed E-state index contributed by atoms with van der Waals surface area (Å²) >= 11 is 3.42. The fourth-order valence-electron chi connectivity index (χ4n) is 3.24. The average Bonchev–Trinajstić information content (AvgIpc) is 2.99. The number of nitrogens with zero attached hydrogens (tertiary/aromatic N) is 1. The van der Waals surface area contributed by atoms with E-state index in [-0.39, 0.29) is 11.6 Å². The van der Waals surface area contributed by atoms with Crippen LogP contribution in [0.5, 0.6) is 0 Å². The van der Waals surface area contributed by atoms with Crippen molar-refractivity contribution in [2.45, 2.75) is 6.92 Å². The van der Waals surface area contributed by atoms with Crippen molar-refractivity contribution in [1.29, 1.82) is 0 Å². The predicted molar refractivity (Wildman–Crippen MR) is 106 cm³/mol. The number of ether oxygens (including phenoxy) is 1. The van der Waals surface area contributed by atoms with Crippen LogP contribution in [-0.4, -0.2) is 32.2 Å². The average molecular weight is 433 g/mol. The highest BCUT2D eigenvalue weighted by molar-refractivity contribution is 9.10. The van der Waals surface area contributed by atoms with Crippen molar-refractivity contribution in [3.8, 4) is 0 Å². The number of benzene rings is 2. The number of rotatable bonds is 3. The van der Waals surface area contributed by atoms with Crippen LogP contribution in [0.3, 0.4) is 0 Å². The standard InChI is InChI=1S/C20H18BrFN2O3/c1-12-15-10-13(21)2-5-18(15)27-19(12)20(25)23-14-3-4-17(16(22)11-14)24-6-8-26-9-7-24/h2-5,10-11H,6-9H2,1H3,(H,23,25). The van der Waals surface area contributed by atoms with Crippen molar-refractivity contribution in [3.05, 3.63) is 58.0 Å².